The van der Waals surface area contributed by atoms with E-state index >= 15 is 0 Å². The molecular weight excluding hydrogens is 374 g/mol. The van der Waals surface area contributed by atoms with Crippen molar-refractivity contribution in [3.05, 3.63) is 71.4 Å². The highest BCUT2D eigenvalue weighted by Gasteiger charge is 2.28. The van der Waals surface area contributed by atoms with Gasteiger partial charge >= 0.3 is 0 Å². The normalized spacial score (nSPS) is 15.2. The maximum Gasteiger partial charge on any atom is 0.225 e. The maximum atomic E-state index is 12.6. The van der Waals surface area contributed by atoms with E-state index in [2.05, 4.69) is 10.4 Å². The second-order valence-electron chi connectivity index (χ2n) is 6.65. The van der Waals surface area contributed by atoms with Gasteiger partial charge in [-0.3, -0.25) is 9.00 Å². The van der Waals surface area contributed by atoms with Crippen molar-refractivity contribution in [2.45, 2.75) is 24.3 Å². The lowest BCUT2D eigenvalue weighted by Gasteiger charge is -2.11. The molecule has 0 saturated carbocycles. The molecule has 3 aromatic rings. The number of ether oxygens (including phenoxy) is 1. The molecule has 1 aliphatic rings. The number of benzene rings is 2. The Morgan fingerprint density at radius 1 is 1.14 bits per heavy atom. The molecule has 1 aromatic heterocycles. The Balaban J connectivity index is 1.57. The summed E-state index contributed by atoms with van der Waals surface area (Å²) in [5, 5.41) is 7.61. The van der Waals surface area contributed by atoms with E-state index in [1.54, 1.807) is 11.8 Å². The summed E-state index contributed by atoms with van der Waals surface area (Å²) < 4.78 is 18.9. The fraction of sp³-hybridized carbons (Fsp3) is 0.238. The molecule has 6 nitrogen and oxygen atoms in total. The Morgan fingerprint density at radius 3 is 2.61 bits per heavy atom. The van der Waals surface area contributed by atoms with Crippen LogP contribution >= 0.6 is 0 Å². The van der Waals surface area contributed by atoms with Crippen LogP contribution < -0.4 is 10.1 Å². The van der Waals surface area contributed by atoms with Gasteiger partial charge in [-0.15, -0.1) is 0 Å². The lowest BCUT2D eigenvalue weighted by Crippen LogP contribution is -2.17. The molecule has 4 rings (SSSR count). The Hall–Kier alpha value is -2.93. The number of anilines is 1. The van der Waals surface area contributed by atoms with E-state index in [0.29, 0.717) is 30.2 Å². The van der Waals surface area contributed by atoms with Gasteiger partial charge in [-0.1, -0.05) is 30.3 Å². The smallest absolute Gasteiger partial charge is 0.225 e. The van der Waals surface area contributed by atoms with Crippen molar-refractivity contribution in [1.82, 2.24) is 9.78 Å². The van der Waals surface area contributed by atoms with Crippen molar-refractivity contribution < 1.29 is 13.7 Å². The van der Waals surface area contributed by atoms with Crippen LogP contribution in [0.4, 0.5) is 5.82 Å². The zero-order valence-corrected chi connectivity index (χ0v) is 16.4. The van der Waals surface area contributed by atoms with Crippen LogP contribution in [-0.4, -0.2) is 27.0 Å². The van der Waals surface area contributed by atoms with Crippen molar-refractivity contribution in [2.24, 2.45) is 0 Å². The van der Waals surface area contributed by atoms with Crippen molar-refractivity contribution >= 4 is 22.5 Å². The van der Waals surface area contributed by atoms with Crippen molar-refractivity contribution in [1.29, 1.82) is 0 Å². The van der Waals surface area contributed by atoms with Gasteiger partial charge in [0, 0.05) is 22.8 Å². The number of fused-ring (bicyclic) bond motifs is 1. The number of nitrogens with zero attached hydrogens (tertiary/aromatic N) is 2. The van der Waals surface area contributed by atoms with E-state index in [1.807, 2.05) is 54.6 Å². The summed E-state index contributed by atoms with van der Waals surface area (Å²) in [5.41, 5.74) is 3.58. The average molecular weight is 395 g/mol. The van der Waals surface area contributed by atoms with Gasteiger partial charge in [-0.25, -0.2) is 4.68 Å². The molecule has 0 saturated heterocycles. The Labute approximate surface area is 166 Å². The quantitative estimate of drug-likeness (QED) is 0.696. The molecule has 1 amide bonds. The molecule has 2 heterocycles. The Kier molecular flexibility index (Phi) is 5.25. The van der Waals surface area contributed by atoms with Crippen LogP contribution in [0.5, 0.6) is 5.75 Å². The molecule has 7 heteroatoms. The fourth-order valence-electron chi connectivity index (χ4n) is 3.26. The Bertz CT molecular complexity index is 1010. The summed E-state index contributed by atoms with van der Waals surface area (Å²) in [7, 11) is 0.653. The second-order valence-corrected chi connectivity index (χ2v) is 8.10. The number of carbonyl (C=O) groups excluding carboxylic acids is 1. The minimum Gasteiger partial charge on any atom is -0.497 e. The third-order valence-electron chi connectivity index (χ3n) is 4.73. The molecule has 144 valence electrons. The van der Waals surface area contributed by atoms with E-state index in [0.717, 1.165) is 28.3 Å². The van der Waals surface area contributed by atoms with Crippen LogP contribution in [0.25, 0.3) is 5.69 Å². The summed E-state index contributed by atoms with van der Waals surface area (Å²) >= 11 is 0. The number of hydrogen-bond donors (Lipinski definition) is 1. The van der Waals surface area contributed by atoms with Crippen LogP contribution in [0.2, 0.25) is 0 Å². The molecular formula is C21H21N3O3S. The van der Waals surface area contributed by atoms with E-state index < -0.39 is 10.8 Å². The lowest BCUT2D eigenvalue weighted by atomic mass is 10.1. The third kappa shape index (κ3) is 3.84. The molecule has 1 unspecified atom stereocenters. The number of aromatic nitrogens is 2. The van der Waals surface area contributed by atoms with Crippen molar-refractivity contribution in [3.8, 4) is 11.4 Å². The number of nitrogens with one attached hydrogen (secondary N) is 1. The summed E-state index contributed by atoms with van der Waals surface area (Å²) in [6, 6.07) is 17.4. The predicted molar refractivity (Wildman–Crippen MR) is 109 cm³/mol. The summed E-state index contributed by atoms with van der Waals surface area (Å²) in [5.74, 6) is 2.12. The van der Waals surface area contributed by atoms with E-state index in [4.69, 9.17) is 4.74 Å². The molecule has 28 heavy (non-hydrogen) atoms. The number of rotatable bonds is 6. The van der Waals surface area contributed by atoms with E-state index in [1.165, 1.54) is 0 Å². The first-order valence-electron chi connectivity index (χ1n) is 9.08. The van der Waals surface area contributed by atoms with Crippen LogP contribution in [0.1, 0.15) is 23.2 Å². The minimum atomic E-state index is -0.964. The molecule has 0 fully saturated rings. The zero-order chi connectivity index (χ0) is 19.5. The number of carbonyl (C=O) groups is 1. The number of methoxy groups -OCH3 is 1. The van der Waals surface area contributed by atoms with Gasteiger partial charge in [0.05, 0.1) is 30.0 Å². The Morgan fingerprint density at radius 2 is 1.89 bits per heavy atom. The largest absolute Gasteiger partial charge is 0.497 e. The first-order chi connectivity index (χ1) is 13.6. The SMILES string of the molecule is COc1ccc(-n2nc3c(c2NC(=O)CCc2ccccc2)CS(=O)C3)cc1. The zero-order valence-electron chi connectivity index (χ0n) is 15.6. The topological polar surface area (TPSA) is 73.2 Å². The van der Waals surface area contributed by atoms with Gasteiger partial charge in [-0.2, -0.15) is 5.10 Å². The molecule has 0 radical (unpaired) electrons. The number of hydrogen-bond acceptors (Lipinski definition) is 4. The highest BCUT2D eigenvalue weighted by atomic mass is 32.2. The lowest BCUT2D eigenvalue weighted by molar-refractivity contribution is -0.116. The molecule has 0 bridgehead atoms. The second kappa shape index (κ2) is 7.98. The van der Waals surface area contributed by atoms with Gasteiger partial charge in [0.2, 0.25) is 5.91 Å². The van der Waals surface area contributed by atoms with Gasteiger partial charge in [-0.05, 0) is 36.2 Å². The van der Waals surface area contributed by atoms with Crippen LogP contribution in [0.3, 0.4) is 0 Å². The van der Waals surface area contributed by atoms with Gasteiger partial charge in [0.25, 0.3) is 0 Å². The number of amides is 1. The van der Waals surface area contributed by atoms with Crippen LogP contribution in [-0.2, 0) is 33.5 Å². The molecule has 1 N–H and O–H groups in total. The first-order valence-corrected chi connectivity index (χ1v) is 10.6. The molecule has 2 aromatic carbocycles. The van der Waals surface area contributed by atoms with Gasteiger partial charge in [0.15, 0.2) is 0 Å². The number of aryl methyl sites for hydroxylation is 1. The standard InChI is InChI=1S/C21H21N3O3S/c1-27-17-10-8-16(9-11-17)24-21(18-13-28(26)14-19(18)23-24)22-20(25)12-7-15-5-3-2-4-6-15/h2-6,8-11H,7,12-14H2,1H3,(H,22,25). The molecule has 1 aliphatic heterocycles. The van der Waals surface area contributed by atoms with E-state index in [9.17, 15) is 9.00 Å². The molecule has 0 spiro atoms. The summed E-state index contributed by atoms with van der Waals surface area (Å²) in [6.45, 7) is 0. The molecule has 1 atom stereocenters. The van der Waals surface area contributed by atoms with Crippen molar-refractivity contribution in [2.75, 3.05) is 12.4 Å². The summed E-state index contributed by atoms with van der Waals surface area (Å²) in [4.78, 5) is 12.6. The predicted octanol–water partition coefficient (Wildman–Crippen LogP) is 3.21. The molecule has 0 aliphatic carbocycles. The van der Waals surface area contributed by atoms with Crippen LogP contribution in [0.15, 0.2) is 54.6 Å². The van der Waals surface area contributed by atoms with Crippen LogP contribution in [0, 0.1) is 0 Å². The van der Waals surface area contributed by atoms with Crippen molar-refractivity contribution in [3.63, 3.8) is 0 Å². The monoisotopic (exact) mass is 395 g/mol. The average Bonchev–Trinajstić information content (AvgIpc) is 3.24. The maximum absolute atomic E-state index is 12.6. The fourth-order valence-corrected chi connectivity index (χ4v) is 4.53. The summed E-state index contributed by atoms with van der Waals surface area (Å²) in [6.07, 6.45) is 1.03. The third-order valence-corrected chi connectivity index (χ3v) is 5.93. The van der Waals surface area contributed by atoms with E-state index in [-0.39, 0.29) is 5.91 Å². The van der Waals surface area contributed by atoms with Gasteiger partial charge in [0.1, 0.15) is 11.6 Å². The highest BCUT2D eigenvalue weighted by Crippen LogP contribution is 2.31. The minimum absolute atomic E-state index is 0.0843. The first kappa shape index (κ1) is 18.4. The highest BCUT2D eigenvalue weighted by molar-refractivity contribution is 7.83. The van der Waals surface area contributed by atoms with Gasteiger partial charge < -0.3 is 10.1 Å².